The predicted octanol–water partition coefficient (Wildman–Crippen LogP) is 2.76. The molecule has 0 saturated carbocycles. The fourth-order valence-electron chi connectivity index (χ4n) is 2.46. The van der Waals surface area contributed by atoms with Crippen LogP contribution in [0.15, 0.2) is 41.4 Å². The number of sulfonamides is 1. The van der Waals surface area contributed by atoms with E-state index in [4.69, 9.17) is 5.26 Å². The van der Waals surface area contributed by atoms with Crippen LogP contribution in [-0.4, -0.2) is 36.1 Å². The molecule has 0 spiro atoms. The van der Waals surface area contributed by atoms with Crippen molar-refractivity contribution in [2.75, 3.05) is 13.6 Å². The Balaban J connectivity index is 2.44. The molecule has 0 bridgehead atoms. The first-order valence-corrected chi connectivity index (χ1v) is 9.55. The van der Waals surface area contributed by atoms with Crippen LogP contribution < -0.4 is 0 Å². The fourth-order valence-corrected chi connectivity index (χ4v) is 3.97. The third-order valence-corrected chi connectivity index (χ3v) is 5.71. The van der Waals surface area contributed by atoms with Crippen LogP contribution in [0, 0.1) is 11.3 Å². The van der Waals surface area contributed by atoms with Gasteiger partial charge in [0.1, 0.15) is 4.90 Å². The third-order valence-electron chi connectivity index (χ3n) is 3.85. The molecule has 0 fully saturated rings. The molecule has 134 valence electrons. The summed E-state index contributed by atoms with van der Waals surface area (Å²) in [6.07, 6.45) is 1.74. The van der Waals surface area contributed by atoms with Crippen molar-refractivity contribution in [3.05, 3.63) is 47.8 Å². The first-order chi connectivity index (χ1) is 11.7. The van der Waals surface area contributed by atoms with Crippen LogP contribution in [0.25, 0.3) is 0 Å². The van der Waals surface area contributed by atoms with Gasteiger partial charge in [-0.3, -0.25) is 4.68 Å². The molecule has 0 atom stereocenters. The van der Waals surface area contributed by atoms with Gasteiger partial charge in [-0.15, -0.1) is 0 Å². The highest BCUT2D eigenvalue weighted by molar-refractivity contribution is 7.89. The van der Waals surface area contributed by atoms with Gasteiger partial charge in [0, 0.05) is 31.6 Å². The Morgan fingerprint density at radius 3 is 2.44 bits per heavy atom. The smallest absolute Gasteiger partial charge is 0.246 e. The molecule has 0 saturated heterocycles. The second kappa shape index (κ2) is 7.38. The van der Waals surface area contributed by atoms with E-state index >= 15 is 0 Å². The Bertz CT molecular complexity index is 859. The highest BCUT2D eigenvalue weighted by Crippen LogP contribution is 2.29. The largest absolute Gasteiger partial charge is 0.267 e. The number of hydrogen-bond acceptors (Lipinski definition) is 4. The normalized spacial score (nSPS) is 12.3. The molecule has 2 rings (SSSR count). The highest BCUT2D eigenvalue weighted by atomic mass is 32.2. The van der Waals surface area contributed by atoms with Crippen LogP contribution >= 0.6 is 0 Å². The van der Waals surface area contributed by atoms with Gasteiger partial charge in [-0.2, -0.15) is 14.7 Å². The Morgan fingerprint density at radius 2 is 1.88 bits per heavy atom. The Labute approximate surface area is 149 Å². The molecule has 0 unspecified atom stereocenters. The first-order valence-electron chi connectivity index (χ1n) is 8.11. The molecule has 6 nitrogen and oxygen atoms in total. The standard InChI is InChI=1S/C18H24N4O2S/c1-18(2,3)17-16(25(23,24)21(4)12-8-11-19)14-22(20-17)13-15-9-6-5-7-10-15/h5-7,9-10,14H,8,12-13H2,1-4H3. The molecule has 2 aromatic rings. The van der Waals surface area contributed by atoms with Gasteiger partial charge in [0.25, 0.3) is 0 Å². The number of benzene rings is 1. The van der Waals surface area contributed by atoms with E-state index in [2.05, 4.69) is 5.10 Å². The molecule has 0 radical (unpaired) electrons. The van der Waals surface area contributed by atoms with Crippen molar-refractivity contribution in [2.24, 2.45) is 0 Å². The maximum atomic E-state index is 12.9. The van der Waals surface area contributed by atoms with Crippen molar-refractivity contribution < 1.29 is 8.42 Å². The summed E-state index contributed by atoms with van der Waals surface area (Å²) < 4.78 is 28.8. The molecule has 7 heteroatoms. The van der Waals surface area contributed by atoms with Gasteiger partial charge in [0.15, 0.2) is 0 Å². The van der Waals surface area contributed by atoms with Crippen molar-refractivity contribution >= 4 is 10.0 Å². The minimum atomic E-state index is -3.70. The summed E-state index contributed by atoms with van der Waals surface area (Å²) in [6, 6.07) is 11.8. The van der Waals surface area contributed by atoms with E-state index in [1.54, 1.807) is 10.9 Å². The number of nitrogens with zero attached hydrogens (tertiary/aromatic N) is 4. The van der Waals surface area contributed by atoms with Crippen molar-refractivity contribution in [3.63, 3.8) is 0 Å². The highest BCUT2D eigenvalue weighted by Gasteiger charge is 2.32. The van der Waals surface area contributed by atoms with Crippen LogP contribution in [-0.2, 0) is 22.0 Å². The molecule has 1 heterocycles. The number of aromatic nitrogens is 2. The number of hydrogen-bond donors (Lipinski definition) is 0. The number of rotatable bonds is 6. The maximum absolute atomic E-state index is 12.9. The van der Waals surface area contributed by atoms with Crippen molar-refractivity contribution in [2.45, 2.75) is 44.0 Å². The lowest BCUT2D eigenvalue weighted by Crippen LogP contribution is -2.29. The Morgan fingerprint density at radius 1 is 1.24 bits per heavy atom. The van der Waals surface area contributed by atoms with E-state index in [1.165, 1.54) is 11.4 Å². The van der Waals surface area contributed by atoms with Crippen LogP contribution in [0.4, 0.5) is 0 Å². The van der Waals surface area contributed by atoms with Crippen molar-refractivity contribution in [1.82, 2.24) is 14.1 Å². The summed E-state index contributed by atoms with van der Waals surface area (Å²) in [5.41, 5.74) is 1.17. The molecule has 0 N–H and O–H groups in total. The third kappa shape index (κ3) is 4.47. The van der Waals surface area contributed by atoms with Crippen LogP contribution in [0.3, 0.4) is 0 Å². The van der Waals surface area contributed by atoms with E-state index in [1.807, 2.05) is 57.2 Å². The molecule has 0 aliphatic carbocycles. The second-order valence-corrected chi connectivity index (χ2v) is 9.02. The monoisotopic (exact) mass is 360 g/mol. The molecule has 0 aliphatic rings. The summed E-state index contributed by atoms with van der Waals surface area (Å²) in [5, 5.41) is 13.3. The van der Waals surface area contributed by atoms with E-state index in [-0.39, 0.29) is 17.9 Å². The average molecular weight is 360 g/mol. The predicted molar refractivity (Wildman–Crippen MR) is 96.5 cm³/mol. The van der Waals surface area contributed by atoms with Gasteiger partial charge < -0.3 is 0 Å². The molecule has 0 amide bonds. The topological polar surface area (TPSA) is 79.0 Å². The molecular weight excluding hydrogens is 336 g/mol. The summed E-state index contributed by atoms with van der Waals surface area (Å²) in [5.74, 6) is 0. The lowest BCUT2D eigenvalue weighted by molar-refractivity contribution is 0.470. The van der Waals surface area contributed by atoms with Gasteiger partial charge >= 0.3 is 0 Å². The molecule has 1 aromatic carbocycles. The Kier molecular flexibility index (Phi) is 5.65. The van der Waals surface area contributed by atoms with Crippen LogP contribution in [0.5, 0.6) is 0 Å². The summed E-state index contributed by atoms with van der Waals surface area (Å²) >= 11 is 0. The van der Waals surface area contributed by atoms with Crippen LogP contribution in [0.2, 0.25) is 0 Å². The summed E-state index contributed by atoms with van der Waals surface area (Å²) in [6.45, 7) is 6.48. The zero-order chi connectivity index (χ0) is 18.7. The molecular formula is C18H24N4O2S. The lowest BCUT2D eigenvalue weighted by Gasteiger charge is -2.20. The average Bonchev–Trinajstić information content (AvgIpc) is 2.98. The van der Waals surface area contributed by atoms with E-state index in [9.17, 15) is 8.42 Å². The molecule has 0 aliphatic heterocycles. The van der Waals surface area contributed by atoms with E-state index in [0.29, 0.717) is 12.2 Å². The van der Waals surface area contributed by atoms with E-state index in [0.717, 1.165) is 5.56 Å². The fraction of sp³-hybridized carbons (Fsp3) is 0.444. The Hall–Kier alpha value is -2.17. The van der Waals surface area contributed by atoms with Gasteiger partial charge in [-0.25, -0.2) is 8.42 Å². The van der Waals surface area contributed by atoms with Gasteiger partial charge in [-0.1, -0.05) is 51.1 Å². The first kappa shape index (κ1) is 19.2. The van der Waals surface area contributed by atoms with E-state index < -0.39 is 15.4 Å². The molecule has 25 heavy (non-hydrogen) atoms. The lowest BCUT2D eigenvalue weighted by atomic mass is 9.92. The van der Waals surface area contributed by atoms with Gasteiger partial charge in [0.2, 0.25) is 10.0 Å². The summed E-state index contributed by atoms with van der Waals surface area (Å²) in [7, 11) is -2.20. The quantitative estimate of drug-likeness (QED) is 0.793. The van der Waals surface area contributed by atoms with Crippen molar-refractivity contribution in [1.29, 1.82) is 5.26 Å². The SMILES string of the molecule is CN(CCC#N)S(=O)(=O)c1cn(Cc2ccccc2)nc1C(C)(C)C. The van der Waals surface area contributed by atoms with Gasteiger partial charge in [-0.05, 0) is 5.56 Å². The van der Waals surface area contributed by atoms with Gasteiger partial charge in [0.05, 0.1) is 18.3 Å². The minimum Gasteiger partial charge on any atom is -0.267 e. The zero-order valence-corrected chi connectivity index (χ0v) is 15.9. The maximum Gasteiger partial charge on any atom is 0.246 e. The number of nitriles is 1. The minimum absolute atomic E-state index is 0.152. The summed E-state index contributed by atoms with van der Waals surface area (Å²) in [4.78, 5) is 0.205. The van der Waals surface area contributed by atoms with Crippen molar-refractivity contribution in [3.8, 4) is 6.07 Å². The molecule has 1 aromatic heterocycles. The zero-order valence-electron chi connectivity index (χ0n) is 15.1. The van der Waals surface area contributed by atoms with Crippen LogP contribution in [0.1, 0.15) is 38.4 Å². The second-order valence-electron chi connectivity index (χ2n) is 7.01.